The second kappa shape index (κ2) is 7.22. The van der Waals surface area contributed by atoms with E-state index < -0.39 is 0 Å². The Kier molecular flexibility index (Phi) is 5.33. The summed E-state index contributed by atoms with van der Waals surface area (Å²) < 4.78 is 10.8. The summed E-state index contributed by atoms with van der Waals surface area (Å²) in [6.45, 7) is 9.50. The van der Waals surface area contributed by atoms with E-state index in [9.17, 15) is 0 Å². The maximum absolute atomic E-state index is 5.74. The van der Waals surface area contributed by atoms with Crippen molar-refractivity contribution in [2.45, 2.75) is 46.8 Å². The highest BCUT2D eigenvalue weighted by atomic mass is 16.5. The summed E-state index contributed by atoms with van der Waals surface area (Å²) in [4.78, 5) is 4.12. The van der Waals surface area contributed by atoms with Crippen molar-refractivity contribution in [3.63, 3.8) is 0 Å². The molecule has 0 saturated carbocycles. The Hall–Kier alpha value is -1.88. The van der Waals surface area contributed by atoms with Crippen molar-refractivity contribution in [2.75, 3.05) is 6.54 Å². The van der Waals surface area contributed by atoms with Gasteiger partial charge in [-0.2, -0.15) is 4.98 Å². The summed E-state index contributed by atoms with van der Waals surface area (Å²) in [5, 5.41) is 7.22. The minimum Gasteiger partial charge on any atom is -0.483 e. The second-order valence-electron chi connectivity index (χ2n) is 5.22. The predicted molar refractivity (Wildman–Crippen MR) is 81.3 cm³/mol. The molecule has 0 amide bonds. The lowest BCUT2D eigenvalue weighted by molar-refractivity contribution is 0.241. The summed E-state index contributed by atoms with van der Waals surface area (Å²) in [5.74, 6) is 1.96. The highest BCUT2D eigenvalue weighted by molar-refractivity contribution is 5.37. The van der Waals surface area contributed by atoms with Gasteiger partial charge in [0.25, 0.3) is 5.89 Å². The number of aromatic nitrogens is 2. The molecule has 0 radical (unpaired) electrons. The van der Waals surface area contributed by atoms with Gasteiger partial charge in [-0.05, 0) is 50.9 Å². The van der Waals surface area contributed by atoms with Gasteiger partial charge in [0, 0.05) is 6.04 Å². The van der Waals surface area contributed by atoms with E-state index in [2.05, 4.69) is 41.4 Å². The van der Waals surface area contributed by atoms with Crippen LogP contribution in [0.5, 0.6) is 5.75 Å². The second-order valence-corrected chi connectivity index (χ2v) is 5.22. The third-order valence-electron chi connectivity index (χ3n) is 3.32. The summed E-state index contributed by atoms with van der Waals surface area (Å²) in [6, 6.07) is 6.59. The molecule has 21 heavy (non-hydrogen) atoms. The zero-order valence-corrected chi connectivity index (χ0v) is 13.1. The molecule has 2 aromatic rings. The molecule has 0 aliphatic carbocycles. The van der Waals surface area contributed by atoms with Gasteiger partial charge in [-0.15, -0.1) is 0 Å². The standard InChI is InChI=1S/C16H23N3O2/c1-5-8-17-12(3)14-6-7-15(11(2)9-14)20-10-16-18-13(4)19-21-16/h6-7,9,12,17H,5,8,10H2,1-4H3. The van der Waals surface area contributed by atoms with Crippen LogP contribution in [0.3, 0.4) is 0 Å². The number of hydrogen-bond acceptors (Lipinski definition) is 5. The van der Waals surface area contributed by atoms with E-state index in [1.165, 1.54) is 5.56 Å². The van der Waals surface area contributed by atoms with Gasteiger partial charge in [0.15, 0.2) is 12.4 Å². The van der Waals surface area contributed by atoms with E-state index in [0.717, 1.165) is 24.3 Å². The Morgan fingerprint density at radius 1 is 1.33 bits per heavy atom. The molecule has 5 heteroatoms. The van der Waals surface area contributed by atoms with E-state index >= 15 is 0 Å². The van der Waals surface area contributed by atoms with Crippen molar-refractivity contribution in [3.8, 4) is 5.75 Å². The first kappa shape index (κ1) is 15.5. The number of aryl methyl sites for hydroxylation is 2. The predicted octanol–water partition coefficient (Wildman–Crippen LogP) is 3.33. The van der Waals surface area contributed by atoms with Crippen LogP contribution in [0.4, 0.5) is 0 Å². The fourth-order valence-electron chi connectivity index (χ4n) is 2.12. The Morgan fingerprint density at radius 2 is 2.14 bits per heavy atom. The Morgan fingerprint density at radius 3 is 2.76 bits per heavy atom. The average Bonchev–Trinajstić information content (AvgIpc) is 2.89. The van der Waals surface area contributed by atoms with Crippen LogP contribution in [0.1, 0.15) is 49.2 Å². The number of nitrogens with zero attached hydrogens (tertiary/aromatic N) is 2. The fourth-order valence-corrected chi connectivity index (χ4v) is 2.12. The maximum Gasteiger partial charge on any atom is 0.264 e. The van der Waals surface area contributed by atoms with Crippen LogP contribution in [0, 0.1) is 13.8 Å². The van der Waals surface area contributed by atoms with Crippen LogP contribution < -0.4 is 10.1 Å². The Labute approximate surface area is 125 Å². The molecule has 0 saturated heterocycles. The first-order valence-corrected chi connectivity index (χ1v) is 7.36. The van der Waals surface area contributed by atoms with Gasteiger partial charge in [-0.1, -0.05) is 24.2 Å². The molecule has 0 fully saturated rings. The first-order chi connectivity index (χ1) is 10.1. The van der Waals surface area contributed by atoms with Crippen LogP contribution in [-0.2, 0) is 6.61 Å². The monoisotopic (exact) mass is 289 g/mol. The zero-order valence-electron chi connectivity index (χ0n) is 13.1. The summed E-state index contributed by atoms with van der Waals surface area (Å²) in [6.07, 6.45) is 1.13. The van der Waals surface area contributed by atoms with Gasteiger partial charge in [0.2, 0.25) is 0 Å². The van der Waals surface area contributed by atoms with Crippen molar-refractivity contribution in [1.82, 2.24) is 15.5 Å². The SMILES string of the molecule is CCCNC(C)c1ccc(OCc2nc(C)no2)c(C)c1. The molecule has 5 nitrogen and oxygen atoms in total. The lowest BCUT2D eigenvalue weighted by atomic mass is 10.0. The maximum atomic E-state index is 5.74. The topological polar surface area (TPSA) is 60.2 Å². The van der Waals surface area contributed by atoms with Crippen LogP contribution in [0.15, 0.2) is 22.7 Å². The van der Waals surface area contributed by atoms with Crippen molar-refractivity contribution < 1.29 is 9.26 Å². The van der Waals surface area contributed by atoms with Gasteiger partial charge in [0.05, 0.1) is 0 Å². The zero-order chi connectivity index (χ0) is 15.2. The van der Waals surface area contributed by atoms with Gasteiger partial charge >= 0.3 is 0 Å². The van der Waals surface area contributed by atoms with Crippen LogP contribution in [0.2, 0.25) is 0 Å². The highest BCUT2D eigenvalue weighted by Crippen LogP contribution is 2.23. The minimum atomic E-state index is 0.296. The Balaban J connectivity index is 1.98. The molecule has 1 aromatic carbocycles. The van der Waals surface area contributed by atoms with Crippen molar-refractivity contribution in [1.29, 1.82) is 0 Å². The third kappa shape index (κ3) is 4.29. The number of hydrogen-bond donors (Lipinski definition) is 1. The quantitative estimate of drug-likeness (QED) is 0.847. The van der Waals surface area contributed by atoms with Crippen molar-refractivity contribution >= 4 is 0 Å². The molecule has 1 aromatic heterocycles. The van der Waals surface area contributed by atoms with Crippen LogP contribution in [0.25, 0.3) is 0 Å². The lowest BCUT2D eigenvalue weighted by Gasteiger charge is -2.15. The molecular formula is C16H23N3O2. The molecule has 1 heterocycles. The van der Waals surface area contributed by atoms with E-state index in [1.54, 1.807) is 6.92 Å². The highest BCUT2D eigenvalue weighted by Gasteiger charge is 2.09. The molecular weight excluding hydrogens is 266 g/mol. The smallest absolute Gasteiger partial charge is 0.264 e. The molecule has 1 atom stereocenters. The number of nitrogens with one attached hydrogen (secondary N) is 1. The van der Waals surface area contributed by atoms with E-state index in [0.29, 0.717) is 24.4 Å². The molecule has 0 spiro atoms. The lowest BCUT2D eigenvalue weighted by Crippen LogP contribution is -2.19. The van der Waals surface area contributed by atoms with E-state index in [1.807, 2.05) is 13.0 Å². The normalized spacial score (nSPS) is 12.4. The number of rotatable bonds is 7. The summed E-state index contributed by atoms with van der Waals surface area (Å²) in [7, 11) is 0. The molecule has 1 N–H and O–H groups in total. The van der Waals surface area contributed by atoms with Crippen molar-refractivity contribution in [3.05, 3.63) is 41.0 Å². The van der Waals surface area contributed by atoms with Gasteiger partial charge in [-0.25, -0.2) is 0 Å². The summed E-state index contributed by atoms with van der Waals surface area (Å²) in [5.41, 5.74) is 2.37. The van der Waals surface area contributed by atoms with Crippen LogP contribution >= 0.6 is 0 Å². The molecule has 114 valence electrons. The molecule has 0 aliphatic rings. The van der Waals surface area contributed by atoms with Gasteiger partial charge in [-0.3, -0.25) is 0 Å². The molecule has 0 aliphatic heterocycles. The Bertz CT molecular complexity index is 581. The van der Waals surface area contributed by atoms with Gasteiger partial charge in [0.1, 0.15) is 5.75 Å². The van der Waals surface area contributed by atoms with E-state index in [-0.39, 0.29) is 0 Å². The van der Waals surface area contributed by atoms with E-state index in [4.69, 9.17) is 9.26 Å². The molecule has 1 unspecified atom stereocenters. The molecule has 2 rings (SSSR count). The minimum absolute atomic E-state index is 0.296. The van der Waals surface area contributed by atoms with Gasteiger partial charge < -0.3 is 14.6 Å². The fraction of sp³-hybridized carbons (Fsp3) is 0.500. The van der Waals surface area contributed by atoms with Crippen molar-refractivity contribution in [2.24, 2.45) is 0 Å². The number of ether oxygens (including phenoxy) is 1. The number of benzene rings is 1. The summed E-state index contributed by atoms with van der Waals surface area (Å²) >= 11 is 0. The largest absolute Gasteiger partial charge is 0.483 e. The van der Waals surface area contributed by atoms with Crippen LogP contribution in [-0.4, -0.2) is 16.7 Å². The third-order valence-corrected chi connectivity index (χ3v) is 3.32. The average molecular weight is 289 g/mol. The first-order valence-electron chi connectivity index (χ1n) is 7.36. The molecule has 0 bridgehead atoms.